The summed E-state index contributed by atoms with van der Waals surface area (Å²) in [5, 5.41) is 12.3. The number of nitrogens with zero attached hydrogens (tertiary/aromatic N) is 6. The van der Waals surface area contributed by atoms with Crippen LogP contribution < -0.4 is 10.6 Å². The van der Waals surface area contributed by atoms with E-state index in [0.717, 1.165) is 11.8 Å². The second-order valence-electron chi connectivity index (χ2n) is 8.97. The maximum absolute atomic E-state index is 13.5. The third-order valence-electron chi connectivity index (χ3n) is 6.23. The van der Waals surface area contributed by atoms with Crippen LogP contribution in [0.3, 0.4) is 0 Å². The molecule has 3 heterocycles. The fraction of sp³-hybridized carbons (Fsp3) is 0.333. The van der Waals surface area contributed by atoms with Gasteiger partial charge in [0.1, 0.15) is 5.84 Å². The first-order valence-corrected chi connectivity index (χ1v) is 11.9. The summed E-state index contributed by atoms with van der Waals surface area (Å²) in [5.74, 6) is 0.0559. The lowest BCUT2D eigenvalue weighted by molar-refractivity contribution is -0.143. The second kappa shape index (κ2) is 10.8. The van der Waals surface area contributed by atoms with E-state index >= 15 is 0 Å². The molecule has 3 aromatic rings. The predicted octanol–water partition coefficient (Wildman–Crippen LogP) is 5.01. The molecule has 0 spiro atoms. The normalized spacial score (nSPS) is 16.6. The number of likely N-dealkylation sites (tertiary alicyclic amines) is 1. The summed E-state index contributed by atoms with van der Waals surface area (Å²) in [6.45, 7) is 0.210. The summed E-state index contributed by atoms with van der Waals surface area (Å²) in [7, 11) is 1.74. The van der Waals surface area contributed by atoms with E-state index < -0.39 is 29.5 Å². The van der Waals surface area contributed by atoms with Crippen molar-refractivity contribution in [2.24, 2.45) is 12.8 Å². The second-order valence-corrected chi connectivity index (χ2v) is 9.38. The molecule has 8 nitrogen and oxygen atoms in total. The summed E-state index contributed by atoms with van der Waals surface area (Å²) in [6.07, 6.45) is -2.13. The first-order chi connectivity index (χ1) is 18.3. The van der Waals surface area contributed by atoms with Crippen LogP contribution in [0.1, 0.15) is 23.1 Å². The summed E-state index contributed by atoms with van der Waals surface area (Å²) in [6, 6.07) is 1.01. The number of nitrogens with one attached hydrogen (secondary N) is 1. The van der Waals surface area contributed by atoms with E-state index in [1.807, 2.05) is 0 Å². The number of nitrogens with two attached hydrogens (primary N) is 1. The van der Waals surface area contributed by atoms with Crippen LogP contribution >= 0.6 is 11.6 Å². The van der Waals surface area contributed by atoms with Crippen LogP contribution in [0.2, 0.25) is 0 Å². The number of halogens is 7. The Morgan fingerprint density at radius 1 is 1.08 bits per heavy atom. The molecule has 0 bridgehead atoms. The minimum Gasteiger partial charge on any atom is -0.403 e. The quantitative estimate of drug-likeness (QED) is 0.245. The Labute approximate surface area is 224 Å². The smallest absolute Gasteiger partial charge is 0.403 e. The van der Waals surface area contributed by atoms with Gasteiger partial charge >= 0.3 is 12.4 Å². The highest BCUT2D eigenvalue weighted by Gasteiger charge is 2.38. The number of hydrogen-bond acceptors (Lipinski definition) is 6. The summed E-state index contributed by atoms with van der Waals surface area (Å²) in [5.41, 5.74) is 3.73. The molecule has 39 heavy (non-hydrogen) atoms. The zero-order valence-corrected chi connectivity index (χ0v) is 21.2. The van der Waals surface area contributed by atoms with Crippen LogP contribution in [0.5, 0.6) is 0 Å². The van der Waals surface area contributed by atoms with E-state index in [4.69, 9.17) is 22.7 Å². The molecule has 208 valence electrons. The summed E-state index contributed by atoms with van der Waals surface area (Å²) >= 11 is 5.98. The van der Waals surface area contributed by atoms with E-state index in [2.05, 4.69) is 15.1 Å². The summed E-state index contributed by atoms with van der Waals surface area (Å²) < 4.78 is 82.5. The Hall–Kier alpha value is -3.81. The molecule has 0 radical (unpaired) electrons. The lowest BCUT2D eigenvalue weighted by atomic mass is 10.0. The molecule has 1 fully saturated rings. The third-order valence-corrected chi connectivity index (χ3v) is 6.53. The van der Waals surface area contributed by atoms with Crippen LogP contribution in [-0.2, 0) is 25.9 Å². The Bertz CT molecular complexity index is 1330. The number of alkyl halides is 6. The first-order valence-electron chi connectivity index (χ1n) is 11.5. The third kappa shape index (κ3) is 6.44. The Morgan fingerprint density at radius 2 is 1.69 bits per heavy atom. The highest BCUT2D eigenvalue weighted by atomic mass is 35.5. The first kappa shape index (κ1) is 28.2. The predicted molar refractivity (Wildman–Crippen MR) is 133 cm³/mol. The van der Waals surface area contributed by atoms with Crippen LogP contribution in [0.4, 0.5) is 32.3 Å². The molecule has 1 saturated heterocycles. The van der Waals surface area contributed by atoms with Crippen LogP contribution in [0.15, 0.2) is 54.2 Å². The van der Waals surface area contributed by atoms with Crippen molar-refractivity contribution in [1.29, 1.82) is 5.41 Å². The number of aromatic nitrogens is 4. The van der Waals surface area contributed by atoms with E-state index in [1.165, 1.54) is 17.3 Å². The van der Waals surface area contributed by atoms with Crippen molar-refractivity contribution >= 4 is 23.4 Å². The fourth-order valence-corrected chi connectivity index (χ4v) is 4.41. The largest absolute Gasteiger partial charge is 0.416 e. The lowest BCUT2D eigenvalue weighted by Crippen LogP contribution is -2.39. The number of benzene rings is 1. The number of anilines is 1. The van der Waals surface area contributed by atoms with Gasteiger partial charge in [0.2, 0.25) is 5.95 Å². The van der Waals surface area contributed by atoms with Crippen LogP contribution in [-0.4, -0.2) is 49.6 Å². The lowest BCUT2D eigenvalue weighted by Gasteiger charge is -2.30. The molecule has 0 unspecified atom stereocenters. The molecule has 1 aromatic carbocycles. The van der Waals surface area contributed by atoms with E-state index in [1.54, 1.807) is 29.0 Å². The molecular formula is C24H23ClF6N8. The average Bonchev–Trinajstić information content (AvgIpc) is 3.55. The maximum atomic E-state index is 13.5. The molecule has 3 N–H and O–H groups in total. The van der Waals surface area contributed by atoms with Crippen LogP contribution in [0, 0.1) is 5.41 Å². The topological polar surface area (TPSA) is 100.0 Å². The zero-order valence-electron chi connectivity index (χ0n) is 20.4. The molecule has 15 heteroatoms. The van der Waals surface area contributed by atoms with Gasteiger partial charge in [0.05, 0.1) is 28.4 Å². The summed E-state index contributed by atoms with van der Waals surface area (Å²) in [4.78, 5) is 11.9. The van der Waals surface area contributed by atoms with Gasteiger partial charge < -0.3 is 15.5 Å². The number of amidine groups is 1. The Morgan fingerprint density at radius 3 is 2.21 bits per heavy atom. The fourth-order valence-electron chi connectivity index (χ4n) is 4.29. The van der Waals surface area contributed by atoms with Gasteiger partial charge in [0, 0.05) is 62.6 Å². The molecule has 2 aromatic heterocycles. The van der Waals surface area contributed by atoms with Gasteiger partial charge in [-0.3, -0.25) is 10.1 Å². The molecule has 4 rings (SSSR count). The highest BCUT2D eigenvalue weighted by molar-refractivity contribution is 6.42. The molecule has 1 atom stereocenters. The molecule has 0 saturated carbocycles. The maximum Gasteiger partial charge on any atom is 0.416 e. The van der Waals surface area contributed by atoms with E-state index in [0.29, 0.717) is 30.7 Å². The van der Waals surface area contributed by atoms with Crippen molar-refractivity contribution in [3.8, 4) is 11.1 Å². The van der Waals surface area contributed by atoms with Gasteiger partial charge in [-0.05, 0) is 30.2 Å². The Balaban J connectivity index is 1.71. The van der Waals surface area contributed by atoms with Crippen LogP contribution in [0.25, 0.3) is 11.1 Å². The van der Waals surface area contributed by atoms with Gasteiger partial charge in [0.25, 0.3) is 0 Å². The van der Waals surface area contributed by atoms with E-state index in [-0.39, 0.29) is 41.5 Å². The molecule has 0 amide bonds. The van der Waals surface area contributed by atoms with Crippen molar-refractivity contribution in [2.75, 3.05) is 18.0 Å². The molecular weight excluding hydrogens is 550 g/mol. The van der Waals surface area contributed by atoms with Gasteiger partial charge in [-0.25, -0.2) is 9.97 Å². The van der Waals surface area contributed by atoms with Gasteiger partial charge in [-0.1, -0.05) is 11.6 Å². The molecule has 1 aliphatic heterocycles. The zero-order chi connectivity index (χ0) is 28.5. The average molecular weight is 573 g/mol. The van der Waals surface area contributed by atoms with Crippen molar-refractivity contribution in [2.45, 2.75) is 31.4 Å². The van der Waals surface area contributed by atoms with Crippen molar-refractivity contribution < 1.29 is 26.3 Å². The van der Waals surface area contributed by atoms with Crippen molar-refractivity contribution in [1.82, 2.24) is 24.6 Å². The highest BCUT2D eigenvalue weighted by Crippen LogP contribution is 2.37. The SMILES string of the molecule is Cn1cc(-c2cnc(N(Cc3cc(C(F)(F)F)cc(C(F)(F)F)c3)[C@H]3CCN(C(=N)C(Cl)=CN)C3)nc2)cn1. The monoisotopic (exact) mass is 572 g/mol. The van der Waals surface area contributed by atoms with Gasteiger partial charge in [-0.2, -0.15) is 31.4 Å². The number of rotatable bonds is 6. The van der Waals surface area contributed by atoms with E-state index in [9.17, 15) is 26.3 Å². The number of hydrogen-bond donors (Lipinski definition) is 2. The molecule has 0 aliphatic carbocycles. The van der Waals surface area contributed by atoms with Gasteiger partial charge in [0.15, 0.2) is 0 Å². The number of aryl methyl sites for hydroxylation is 1. The standard InChI is InChI=1S/C24H23ClF6N8/c1-37-12-16(10-36-37)15-8-34-22(35-9-15)39(19-2-3-38(13-19)21(33)20(25)7-32)11-14-4-17(23(26,27)28)6-18(5-14)24(29,30)31/h4-10,12,19,33H,2-3,11,13,32H2,1H3/t19-/m0/s1. The minimum atomic E-state index is -4.98. The van der Waals surface area contributed by atoms with Gasteiger partial charge in [-0.15, -0.1) is 0 Å². The van der Waals surface area contributed by atoms with Crippen molar-refractivity contribution in [3.63, 3.8) is 0 Å². The minimum absolute atomic E-state index is 0.00645. The van der Waals surface area contributed by atoms with Crippen molar-refractivity contribution in [3.05, 3.63) is 70.9 Å². The molecule has 1 aliphatic rings. The Kier molecular flexibility index (Phi) is 7.77.